The van der Waals surface area contributed by atoms with E-state index in [9.17, 15) is 0 Å². The number of H-pyrrole nitrogens is 1. The Labute approximate surface area is 59.3 Å². The van der Waals surface area contributed by atoms with Gasteiger partial charge >= 0.3 is 0 Å². The number of nitrogens with one attached hydrogen (secondary N) is 1. The molecule has 0 saturated carbocycles. The molecule has 56 valence electrons. The van der Waals surface area contributed by atoms with E-state index in [0.717, 1.165) is 12.2 Å². The average Bonchev–Trinajstić information content (AvgIpc) is 2.34. The van der Waals surface area contributed by atoms with Gasteiger partial charge in [0.05, 0.1) is 0 Å². The average molecular weight is 141 g/mol. The fourth-order valence-corrected chi connectivity index (χ4v) is 0.655. The van der Waals surface area contributed by atoms with Crippen LogP contribution in [0.25, 0.3) is 0 Å². The normalized spacial score (nSPS) is 13.5. The molecular weight excluding hydrogens is 130 g/mol. The van der Waals surface area contributed by atoms with Crippen LogP contribution in [0.1, 0.15) is 31.6 Å². The van der Waals surface area contributed by atoms with Crippen LogP contribution < -0.4 is 0 Å². The molecule has 1 atom stereocenters. The molecule has 0 radical (unpaired) electrons. The van der Waals surface area contributed by atoms with Crippen LogP contribution in [0, 0.1) is 0 Å². The van der Waals surface area contributed by atoms with Crippen LogP contribution in [0.4, 0.5) is 0 Å². The SMILES string of the molecule is CCc1nc([C@H](C)O)n[nH]1. The van der Waals surface area contributed by atoms with Crippen molar-refractivity contribution in [2.24, 2.45) is 0 Å². The second-order valence-electron chi connectivity index (χ2n) is 2.17. The third-order valence-electron chi connectivity index (χ3n) is 1.26. The lowest BCUT2D eigenvalue weighted by Crippen LogP contribution is -1.93. The van der Waals surface area contributed by atoms with Crippen molar-refractivity contribution in [1.29, 1.82) is 0 Å². The van der Waals surface area contributed by atoms with Crippen LogP contribution in [0.5, 0.6) is 0 Å². The Morgan fingerprint density at radius 3 is 2.70 bits per heavy atom. The molecule has 4 heteroatoms. The predicted octanol–water partition coefficient (Wildman–Crippen LogP) is 0.420. The Bertz CT molecular complexity index is 207. The highest BCUT2D eigenvalue weighted by Gasteiger charge is 2.05. The van der Waals surface area contributed by atoms with Crippen LogP contribution in [0.3, 0.4) is 0 Å². The second kappa shape index (κ2) is 2.79. The van der Waals surface area contributed by atoms with Gasteiger partial charge in [-0.15, -0.1) is 0 Å². The lowest BCUT2D eigenvalue weighted by atomic mass is 10.4. The quantitative estimate of drug-likeness (QED) is 0.627. The maximum absolute atomic E-state index is 8.99. The van der Waals surface area contributed by atoms with Crippen molar-refractivity contribution in [3.63, 3.8) is 0 Å². The van der Waals surface area contributed by atoms with Crippen LogP contribution in [0.2, 0.25) is 0 Å². The van der Waals surface area contributed by atoms with Crippen LogP contribution in [0.15, 0.2) is 0 Å². The molecule has 0 unspecified atom stereocenters. The Kier molecular flexibility index (Phi) is 2.01. The molecule has 0 saturated heterocycles. The van der Waals surface area contributed by atoms with Gasteiger partial charge in [0.25, 0.3) is 0 Å². The van der Waals surface area contributed by atoms with Gasteiger partial charge < -0.3 is 5.11 Å². The maximum Gasteiger partial charge on any atom is 0.178 e. The van der Waals surface area contributed by atoms with Crippen molar-refractivity contribution in [2.45, 2.75) is 26.4 Å². The molecular formula is C6H11N3O. The summed E-state index contributed by atoms with van der Waals surface area (Å²) in [5.41, 5.74) is 0. The lowest BCUT2D eigenvalue weighted by Gasteiger charge is -1.92. The summed E-state index contributed by atoms with van der Waals surface area (Å²) < 4.78 is 0. The van der Waals surface area contributed by atoms with Crippen molar-refractivity contribution in [3.8, 4) is 0 Å². The zero-order chi connectivity index (χ0) is 7.56. The minimum atomic E-state index is -0.573. The summed E-state index contributed by atoms with van der Waals surface area (Å²) in [5.74, 6) is 1.28. The molecule has 0 aliphatic heterocycles. The van der Waals surface area contributed by atoms with E-state index < -0.39 is 6.10 Å². The molecule has 0 aliphatic rings. The molecule has 2 N–H and O–H groups in total. The third kappa shape index (κ3) is 1.33. The van der Waals surface area contributed by atoms with Gasteiger partial charge in [-0.2, -0.15) is 5.10 Å². The largest absolute Gasteiger partial charge is 0.385 e. The van der Waals surface area contributed by atoms with E-state index in [4.69, 9.17) is 5.11 Å². The number of aliphatic hydroxyl groups is 1. The van der Waals surface area contributed by atoms with E-state index >= 15 is 0 Å². The molecule has 1 aromatic heterocycles. The second-order valence-corrected chi connectivity index (χ2v) is 2.17. The summed E-state index contributed by atoms with van der Waals surface area (Å²) in [5, 5.41) is 15.5. The first kappa shape index (κ1) is 7.21. The number of aliphatic hydroxyl groups excluding tert-OH is 1. The number of aryl methyl sites for hydroxylation is 1. The number of aromatic amines is 1. The van der Waals surface area contributed by atoms with E-state index in [1.165, 1.54) is 0 Å². The Hall–Kier alpha value is -0.900. The van der Waals surface area contributed by atoms with E-state index in [2.05, 4.69) is 15.2 Å². The molecule has 4 nitrogen and oxygen atoms in total. The maximum atomic E-state index is 8.99. The highest BCUT2D eigenvalue weighted by atomic mass is 16.3. The predicted molar refractivity (Wildman–Crippen MR) is 36.4 cm³/mol. The molecule has 1 aromatic rings. The van der Waals surface area contributed by atoms with E-state index in [1.54, 1.807) is 6.92 Å². The zero-order valence-electron chi connectivity index (χ0n) is 6.13. The van der Waals surface area contributed by atoms with Gasteiger partial charge in [0.15, 0.2) is 5.82 Å². The molecule has 0 bridgehead atoms. The minimum Gasteiger partial charge on any atom is -0.385 e. The molecule has 0 fully saturated rings. The topological polar surface area (TPSA) is 61.8 Å². The van der Waals surface area contributed by atoms with Gasteiger partial charge in [-0.3, -0.25) is 5.10 Å². The van der Waals surface area contributed by atoms with Crippen molar-refractivity contribution in [2.75, 3.05) is 0 Å². The smallest absolute Gasteiger partial charge is 0.178 e. The van der Waals surface area contributed by atoms with E-state index in [-0.39, 0.29) is 0 Å². The first-order valence-corrected chi connectivity index (χ1v) is 3.33. The first-order valence-electron chi connectivity index (χ1n) is 3.33. The molecule has 10 heavy (non-hydrogen) atoms. The third-order valence-corrected chi connectivity index (χ3v) is 1.26. The summed E-state index contributed by atoms with van der Waals surface area (Å²) in [7, 11) is 0. The van der Waals surface area contributed by atoms with E-state index in [0.29, 0.717) is 5.82 Å². The molecule has 1 heterocycles. The number of aromatic nitrogens is 3. The number of rotatable bonds is 2. The molecule has 0 aliphatic carbocycles. The Morgan fingerprint density at radius 2 is 2.40 bits per heavy atom. The first-order chi connectivity index (χ1) is 4.74. The summed E-state index contributed by atoms with van der Waals surface area (Å²) in [6.07, 6.45) is 0.247. The summed E-state index contributed by atoms with van der Waals surface area (Å²) in [6, 6.07) is 0. The Balaban J connectivity index is 2.78. The number of hydrogen-bond acceptors (Lipinski definition) is 3. The standard InChI is InChI=1S/C6H11N3O/c1-3-5-7-6(4(2)10)9-8-5/h4,10H,3H2,1-2H3,(H,7,8,9)/t4-/m0/s1. The molecule has 0 aromatic carbocycles. The number of hydrogen-bond donors (Lipinski definition) is 2. The Morgan fingerprint density at radius 1 is 1.70 bits per heavy atom. The zero-order valence-corrected chi connectivity index (χ0v) is 6.13. The minimum absolute atomic E-state index is 0.469. The van der Waals surface area contributed by atoms with Crippen molar-refractivity contribution in [3.05, 3.63) is 11.6 Å². The lowest BCUT2D eigenvalue weighted by molar-refractivity contribution is 0.189. The summed E-state index contributed by atoms with van der Waals surface area (Å²) >= 11 is 0. The summed E-state index contributed by atoms with van der Waals surface area (Å²) in [4.78, 5) is 4.01. The molecule has 0 amide bonds. The van der Waals surface area contributed by atoms with Crippen molar-refractivity contribution >= 4 is 0 Å². The van der Waals surface area contributed by atoms with Crippen molar-refractivity contribution in [1.82, 2.24) is 15.2 Å². The monoisotopic (exact) mass is 141 g/mol. The molecule has 0 spiro atoms. The fraction of sp³-hybridized carbons (Fsp3) is 0.667. The fourth-order valence-electron chi connectivity index (χ4n) is 0.655. The van der Waals surface area contributed by atoms with Gasteiger partial charge in [0, 0.05) is 6.42 Å². The van der Waals surface area contributed by atoms with Gasteiger partial charge in [-0.1, -0.05) is 6.92 Å². The van der Waals surface area contributed by atoms with Gasteiger partial charge in [-0.25, -0.2) is 4.98 Å². The van der Waals surface area contributed by atoms with Crippen LogP contribution in [-0.4, -0.2) is 20.3 Å². The van der Waals surface area contributed by atoms with Crippen LogP contribution >= 0.6 is 0 Å². The van der Waals surface area contributed by atoms with Crippen molar-refractivity contribution < 1.29 is 5.11 Å². The highest BCUT2D eigenvalue weighted by Crippen LogP contribution is 2.04. The highest BCUT2D eigenvalue weighted by molar-refractivity contribution is 4.91. The van der Waals surface area contributed by atoms with Crippen LogP contribution in [-0.2, 0) is 6.42 Å². The van der Waals surface area contributed by atoms with Gasteiger partial charge in [0.1, 0.15) is 11.9 Å². The number of nitrogens with zero attached hydrogens (tertiary/aromatic N) is 2. The van der Waals surface area contributed by atoms with E-state index in [1.807, 2.05) is 6.92 Å². The van der Waals surface area contributed by atoms with Gasteiger partial charge in [-0.05, 0) is 6.92 Å². The van der Waals surface area contributed by atoms with Gasteiger partial charge in [0.2, 0.25) is 0 Å². The molecule has 1 rings (SSSR count). The summed E-state index contributed by atoms with van der Waals surface area (Å²) in [6.45, 7) is 3.62.